The van der Waals surface area contributed by atoms with Gasteiger partial charge in [0.15, 0.2) is 5.82 Å². The number of anilines is 2. The second-order valence-corrected chi connectivity index (χ2v) is 7.28. The Labute approximate surface area is 176 Å². The molecule has 1 saturated heterocycles. The molecule has 4 rings (SSSR count). The summed E-state index contributed by atoms with van der Waals surface area (Å²) >= 11 is 0. The number of nitrogens with one attached hydrogen (secondary N) is 1. The van der Waals surface area contributed by atoms with E-state index in [0.29, 0.717) is 30.6 Å². The van der Waals surface area contributed by atoms with Crippen LogP contribution >= 0.6 is 0 Å². The number of fused-ring (bicyclic) bond motifs is 1. The highest BCUT2D eigenvalue weighted by Crippen LogP contribution is 2.31. The lowest BCUT2D eigenvalue weighted by Gasteiger charge is -2.33. The van der Waals surface area contributed by atoms with Gasteiger partial charge in [-0.2, -0.15) is 0 Å². The van der Waals surface area contributed by atoms with Crippen molar-refractivity contribution in [2.24, 2.45) is 5.92 Å². The first kappa shape index (κ1) is 19.9. The van der Waals surface area contributed by atoms with Crippen molar-refractivity contribution in [2.75, 3.05) is 37.0 Å². The van der Waals surface area contributed by atoms with Crippen LogP contribution in [0.5, 0.6) is 11.6 Å². The number of piperidine rings is 1. The Morgan fingerprint density at radius 3 is 2.73 bits per heavy atom. The van der Waals surface area contributed by atoms with Crippen molar-refractivity contribution in [3.8, 4) is 11.6 Å². The van der Waals surface area contributed by atoms with E-state index in [1.807, 2.05) is 55.5 Å². The van der Waals surface area contributed by atoms with E-state index in [1.54, 1.807) is 7.11 Å². The first-order chi connectivity index (χ1) is 14.7. The zero-order valence-electron chi connectivity index (χ0n) is 17.3. The van der Waals surface area contributed by atoms with Crippen LogP contribution in [0.2, 0.25) is 0 Å². The fraction of sp³-hybridized carbons (Fsp3) is 0.348. The minimum atomic E-state index is -0.146. The van der Waals surface area contributed by atoms with Crippen LogP contribution in [0.25, 0.3) is 11.0 Å². The number of nitrogens with zero attached hydrogens (tertiary/aromatic N) is 3. The highest BCUT2D eigenvalue weighted by atomic mass is 16.5. The molecule has 2 aromatic carbocycles. The van der Waals surface area contributed by atoms with Crippen molar-refractivity contribution in [1.29, 1.82) is 0 Å². The molecule has 0 unspecified atom stereocenters. The normalized spacial score (nSPS) is 16.3. The number of rotatable bonds is 6. The van der Waals surface area contributed by atoms with E-state index in [4.69, 9.17) is 14.5 Å². The van der Waals surface area contributed by atoms with Crippen molar-refractivity contribution in [3.63, 3.8) is 0 Å². The number of hydrogen-bond acceptors (Lipinski definition) is 6. The van der Waals surface area contributed by atoms with Gasteiger partial charge in [-0.3, -0.25) is 4.79 Å². The largest absolute Gasteiger partial charge is 0.497 e. The first-order valence-electron chi connectivity index (χ1n) is 10.3. The Bertz CT molecular complexity index is 1040. The molecule has 1 N–H and O–H groups in total. The SMILES string of the molecule is CCOc1nc2ccccc2nc1N1CCC[C@@H](C(=O)Nc2cccc(OC)c2)C1. The van der Waals surface area contributed by atoms with Crippen molar-refractivity contribution >= 4 is 28.4 Å². The summed E-state index contributed by atoms with van der Waals surface area (Å²) in [6.45, 7) is 3.83. The third-order valence-corrected chi connectivity index (χ3v) is 5.23. The summed E-state index contributed by atoms with van der Waals surface area (Å²) in [6.07, 6.45) is 1.73. The van der Waals surface area contributed by atoms with Gasteiger partial charge in [-0.1, -0.05) is 18.2 Å². The van der Waals surface area contributed by atoms with Crippen molar-refractivity contribution in [3.05, 3.63) is 48.5 Å². The molecule has 1 aliphatic heterocycles. The topological polar surface area (TPSA) is 76.6 Å². The van der Waals surface area contributed by atoms with Gasteiger partial charge < -0.3 is 19.7 Å². The van der Waals surface area contributed by atoms with E-state index >= 15 is 0 Å². The fourth-order valence-corrected chi connectivity index (χ4v) is 3.74. The minimum absolute atomic E-state index is 0.000314. The van der Waals surface area contributed by atoms with Gasteiger partial charge >= 0.3 is 0 Å². The number of amides is 1. The summed E-state index contributed by atoms with van der Waals surface area (Å²) in [6, 6.07) is 15.2. The third kappa shape index (κ3) is 4.30. The maximum Gasteiger partial charge on any atom is 0.258 e. The Morgan fingerprint density at radius 2 is 1.97 bits per heavy atom. The highest BCUT2D eigenvalue weighted by Gasteiger charge is 2.29. The Balaban J connectivity index is 1.54. The third-order valence-electron chi connectivity index (χ3n) is 5.23. The van der Waals surface area contributed by atoms with Gasteiger partial charge in [0.05, 0.1) is 30.7 Å². The predicted molar refractivity (Wildman–Crippen MR) is 117 cm³/mol. The Morgan fingerprint density at radius 1 is 1.17 bits per heavy atom. The van der Waals surface area contributed by atoms with Gasteiger partial charge in [0.25, 0.3) is 5.88 Å². The number of methoxy groups -OCH3 is 1. The molecule has 7 nitrogen and oxygen atoms in total. The van der Waals surface area contributed by atoms with Crippen molar-refractivity contribution in [1.82, 2.24) is 9.97 Å². The number of hydrogen-bond donors (Lipinski definition) is 1. The smallest absolute Gasteiger partial charge is 0.258 e. The molecule has 7 heteroatoms. The molecule has 0 aliphatic carbocycles. The molecule has 3 aromatic rings. The van der Waals surface area contributed by atoms with Crippen LogP contribution in [0, 0.1) is 5.92 Å². The van der Waals surface area contributed by atoms with Crippen LogP contribution in [0.4, 0.5) is 11.5 Å². The lowest BCUT2D eigenvalue weighted by molar-refractivity contribution is -0.120. The van der Waals surface area contributed by atoms with Gasteiger partial charge in [0.1, 0.15) is 5.75 Å². The standard InChI is InChI=1S/C23H26N4O3/c1-3-30-23-21(25-19-11-4-5-12-20(19)26-23)27-13-7-8-16(15-27)22(28)24-17-9-6-10-18(14-17)29-2/h4-6,9-12,14,16H,3,7-8,13,15H2,1-2H3,(H,24,28)/t16-/m1/s1. The number of aromatic nitrogens is 2. The first-order valence-corrected chi connectivity index (χ1v) is 10.3. The zero-order chi connectivity index (χ0) is 20.9. The predicted octanol–water partition coefficient (Wildman–Crippen LogP) is 3.89. The van der Waals surface area contributed by atoms with E-state index in [-0.39, 0.29) is 11.8 Å². The summed E-state index contributed by atoms with van der Waals surface area (Å²) in [5, 5.41) is 3.01. The van der Waals surface area contributed by atoms with Crippen LogP contribution in [0.3, 0.4) is 0 Å². The van der Waals surface area contributed by atoms with Crippen LogP contribution in [-0.4, -0.2) is 42.7 Å². The van der Waals surface area contributed by atoms with E-state index in [1.165, 1.54) is 0 Å². The Kier molecular flexibility index (Phi) is 5.97. The molecular formula is C23H26N4O3. The Hall–Kier alpha value is -3.35. The second kappa shape index (κ2) is 8.98. The number of ether oxygens (including phenoxy) is 2. The van der Waals surface area contributed by atoms with Gasteiger partial charge in [0.2, 0.25) is 5.91 Å². The minimum Gasteiger partial charge on any atom is -0.497 e. The van der Waals surface area contributed by atoms with Gasteiger partial charge in [-0.25, -0.2) is 9.97 Å². The summed E-state index contributed by atoms with van der Waals surface area (Å²) in [5.41, 5.74) is 2.35. The maximum absolute atomic E-state index is 12.9. The van der Waals surface area contributed by atoms with Gasteiger partial charge in [0, 0.05) is 24.8 Å². The summed E-state index contributed by atoms with van der Waals surface area (Å²) < 4.78 is 11.0. The van der Waals surface area contributed by atoms with Crippen molar-refractivity contribution in [2.45, 2.75) is 19.8 Å². The maximum atomic E-state index is 12.9. The molecule has 0 saturated carbocycles. The quantitative estimate of drug-likeness (QED) is 0.669. The van der Waals surface area contributed by atoms with Crippen molar-refractivity contribution < 1.29 is 14.3 Å². The molecule has 30 heavy (non-hydrogen) atoms. The number of carbonyl (C=O) groups is 1. The van der Waals surface area contributed by atoms with E-state index < -0.39 is 0 Å². The van der Waals surface area contributed by atoms with Crippen LogP contribution in [-0.2, 0) is 4.79 Å². The molecule has 0 radical (unpaired) electrons. The summed E-state index contributed by atoms with van der Waals surface area (Å²) in [7, 11) is 1.61. The average molecular weight is 406 g/mol. The number of benzene rings is 2. The van der Waals surface area contributed by atoms with Gasteiger partial charge in [-0.05, 0) is 44.0 Å². The summed E-state index contributed by atoms with van der Waals surface area (Å²) in [5.74, 6) is 1.79. The lowest BCUT2D eigenvalue weighted by Crippen LogP contribution is -2.41. The van der Waals surface area contributed by atoms with E-state index in [2.05, 4.69) is 15.2 Å². The summed E-state index contributed by atoms with van der Waals surface area (Å²) in [4.78, 5) is 24.5. The molecular weight excluding hydrogens is 380 g/mol. The highest BCUT2D eigenvalue weighted by molar-refractivity contribution is 5.93. The number of carbonyl (C=O) groups excluding carboxylic acids is 1. The van der Waals surface area contributed by atoms with Crippen LogP contribution < -0.4 is 19.7 Å². The molecule has 1 aromatic heterocycles. The fourth-order valence-electron chi connectivity index (χ4n) is 3.74. The lowest BCUT2D eigenvalue weighted by atomic mass is 9.97. The molecule has 1 aliphatic rings. The second-order valence-electron chi connectivity index (χ2n) is 7.28. The molecule has 1 fully saturated rings. The molecule has 0 bridgehead atoms. The zero-order valence-corrected chi connectivity index (χ0v) is 17.3. The van der Waals surface area contributed by atoms with E-state index in [9.17, 15) is 4.79 Å². The van der Waals surface area contributed by atoms with E-state index in [0.717, 1.165) is 36.1 Å². The molecule has 0 spiro atoms. The van der Waals surface area contributed by atoms with Crippen LogP contribution in [0.1, 0.15) is 19.8 Å². The monoisotopic (exact) mass is 406 g/mol. The van der Waals surface area contributed by atoms with Gasteiger partial charge in [-0.15, -0.1) is 0 Å². The molecule has 2 heterocycles. The molecule has 1 amide bonds. The van der Waals surface area contributed by atoms with Crippen LogP contribution in [0.15, 0.2) is 48.5 Å². The molecule has 156 valence electrons. The average Bonchev–Trinajstić information content (AvgIpc) is 2.79. The molecule has 1 atom stereocenters. The number of para-hydroxylation sites is 2.